The molecular formula is C37H33ClF7N7O5. The number of nitrogens with one attached hydrogen (secondary N) is 3. The van der Waals surface area contributed by atoms with Gasteiger partial charge in [0.2, 0.25) is 0 Å². The molecule has 4 aromatic rings. The van der Waals surface area contributed by atoms with E-state index < -0.39 is 71.8 Å². The predicted molar refractivity (Wildman–Crippen MR) is 188 cm³/mol. The van der Waals surface area contributed by atoms with E-state index >= 15 is 0 Å². The molecule has 2 fully saturated rings. The van der Waals surface area contributed by atoms with Crippen LogP contribution in [0.4, 0.5) is 35.5 Å². The Morgan fingerprint density at radius 2 is 1.68 bits per heavy atom. The van der Waals surface area contributed by atoms with E-state index in [1.807, 2.05) is 26.1 Å². The quantitative estimate of drug-likeness (QED) is 0.135. The minimum Gasteiger partial charge on any atom is -0.447 e. The normalized spacial score (nSPS) is 20.1. The van der Waals surface area contributed by atoms with Gasteiger partial charge in [0.05, 0.1) is 16.8 Å². The lowest BCUT2D eigenvalue weighted by atomic mass is 9.75. The van der Waals surface area contributed by atoms with Crippen molar-refractivity contribution in [1.29, 1.82) is 5.41 Å². The third-order valence-electron chi connectivity index (χ3n) is 9.73. The van der Waals surface area contributed by atoms with Gasteiger partial charge in [-0.2, -0.15) is 18.3 Å². The lowest BCUT2D eigenvalue weighted by Crippen LogP contribution is -2.49. The molecule has 0 spiro atoms. The summed E-state index contributed by atoms with van der Waals surface area (Å²) in [4.78, 5) is 32.4. The summed E-state index contributed by atoms with van der Waals surface area (Å²) >= 11 is 6.41. The summed E-state index contributed by atoms with van der Waals surface area (Å²) in [7, 11) is 0. The van der Waals surface area contributed by atoms with Crippen LogP contribution in [0.5, 0.6) is 11.5 Å². The highest BCUT2D eigenvalue weighted by atomic mass is 35.5. The molecule has 12 nitrogen and oxygen atoms in total. The second-order valence-corrected chi connectivity index (χ2v) is 15.5. The zero-order valence-electron chi connectivity index (χ0n) is 30.2. The van der Waals surface area contributed by atoms with E-state index in [-0.39, 0.29) is 47.0 Å². The molecule has 1 aromatic heterocycles. The highest BCUT2D eigenvalue weighted by Gasteiger charge is 2.65. The minimum absolute atomic E-state index is 0.0660. The van der Waals surface area contributed by atoms with Crippen LogP contribution < -0.4 is 20.1 Å². The molecule has 1 saturated heterocycles. The number of ether oxygens (including phenoxy) is 3. The number of alkyl carbamates (subject to hydrolysis) is 1. The summed E-state index contributed by atoms with van der Waals surface area (Å²) in [6.45, 7) is 4.78. The van der Waals surface area contributed by atoms with Crippen LogP contribution in [0.15, 0.2) is 67.0 Å². The van der Waals surface area contributed by atoms with Gasteiger partial charge < -0.3 is 24.8 Å². The molecule has 3 heterocycles. The third-order valence-corrected chi connectivity index (χ3v) is 10.1. The molecule has 3 aliphatic rings. The van der Waals surface area contributed by atoms with Crippen LogP contribution in [0, 0.1) is 10.8 Å². The molecule has 1 saturated carbocycles. The van der Waals surface area contributed by atoms with Gasteiger partial charge in [0, 0.05) is 0 Å². The van der Waals surface area contributed by atoms with Crippen LogP contribution in [0.3, 0.4) is 0 Å². The summed E-state index contributed by atoms with van der Waals surface area (Å²) in [5.41, 5.74) is -3.31. The Balaban J connectivity index is 1.26. The Hall–Kier alpha value is -5.59. The number of hydrogen-bond acceptors (Lipinski definition) is 8. The number of aromatic nitrogens is 3. The smallest absolute Gasteiger partial charge is 0.447 e. The highest BCUT2D eigenvalue weighted by Crippen LogP contribution is 2.49. The van der Waals surface area contributed by atoms with Crippen molar-refractivity contribution < 1.29 is 54.5 Å². The minimum atomic E-state index is -4.76. The summed E-state index contributed by atoms with van der Waals surface area (Å²) in [6, 6.07) is 13.3. The first-order valence-electron chi connectivity index (χ1n) is 17.3. The van der Waals surface area contributed by atoms with Crippen LogP contribution in [0.25, 0.3) is 16.8 Å². The number of carbonyl (C=O) groups is 2. The fourth-order valence-corrected chi connectivity index (χ4v) is 7.20. The third kappa shape index (κ3) is 7.51. The lowest BCUT2D eigenvalue weighted by Gasteiger charge is -2.35. The average Bonchev–Trinajstić information content (AvgIpc) is 3.51. The fraction of sp³-hybridized carbons (Fsp3) is 0.378. The number of rotatable bonds is 10. The van der Waals surface area contributed by atoms with Crippen LogP contribution in [-0.4, -0.2) is 62.2 Å². The Morgan fingerprint density at radius 1 is 1.02 bits per heavy atom. The SMILES string of the molecule is CC(C)(C)C[C@]1(c2ccc(-c3ccc4c(c3)OC(F)(F)O4)cc2)NC(=N)N([C@H](COC(=O)NC2(C(F)(F)F)CC2)c2ccc(Cl)c(-n3ncnc3C(F)F)c2)C1=O. The second kappa shape index (κ2) is 13.8. The van der Waals surface area contributed by atoms with Crippen LogP contribution in [0.1, 0.15) is 69.5 Å². The number of carbonyl (C=O) groups excluding carboxylic acids is 2. The molecule has 2 atom stereocenters. The molecule has 0 radical (unpaired) electrons. The van der Waals surface area contributed by atoms with Crippen molar-refractivity contribution in [2.75, 3.05) is 6.61 Å². The number of halogens is 8. The largest absolute Gasteiger partial charge is 0.586 e. The lowest BCUT2D eigenvalue weighted by molar-refractivity contribution is -0.286. The number of fused-ring (bicyclic) bond motifs is 1. The van der Waals surface area contributed by atoms with E-state index in [0.29, 0.717) is 16.7 Å². The van der Waals surface area contributed by atoms with Crippen molar-refractivity contribution in [3.63, 3.8) is 0 Å². The molecule has 2 amide bonds. The number of benzene rings is 3. The summed E-state index contributed by atoms with van der Waals surface area (Å²) in [6.07, 6.45) is -12.8. The van der Waals surface area contributed by atoms with Gasteiger partial charge in [-0.15, -0.1) is 8.78 Å². The first-order valence-corrected chi connectivity index (χ1v) is 17.7. The van der Waals surface area contributed by atoms with Crippen LogP contribution >= 0.6 is 11.6 Å². The van der Waals surface area contributed by atoms with Gasteiger partial charge in [-0.05, 0) is 71.2 Å². The maximum Gasteiger partial charge on any atom is 0.586 e. The van der Waals surface area contributed by atoms with Crippen molar-refractivity contribution in [3.05, 3.63) is 89.0 Å². The average molecular weight is 824 g/mol. The predicted octanol–water partition coefficient (Wildman–Crippen LogP) is 8.41. The van der Waals surface area contributed by atoms with E-state index in [1.54, 1.807) is 30.3 Å². The van der Waals surface area contributed by atoms with Gasteiger partial charge >= 0.3 is 18.6 Å². The van der Waals surface area contributed by atoms with Crippen molar-refractivity contribution >= 4 is 29.6 Å². The number of guanidine groups is 1. The van der Waals surface area contributed by atoms with E-state index in [4.69, 9.17) is 21.7 Å². The molecule has 20 heteroatoms. The number of hydrogen-bond donors (Lipinski definition) is 3. The van der Waals surface area contributed by atoms with Crippen molar-refractivity contribution in [3.8, 4) is 28.3 Å². The van der Waals surface area contributed by atoms with E-state index in [1.165, 1.54) is 30.3 Å². The summed E-state index contributed by atoms with van der Waals surface area (Å²) < 4.78 is 111. The Kier molecular flexibility index (Phi) is 9.60. The molecule has 7 rings (SSSR count). The summed E-state index contributed by atoms with van der Waals surface area (Å²) in [5.74, 6) is -2.26. The standard InChI is InChI=1S/C37H33ClF7N7O5/c1-33(2,3)17-35(22-8-4-19(5-9-22)20-7-11-26-27(15-20)57-37(44,45)56-26)30(53)51(31(46)49-35)25(16-55-32(54)50-34(12-13-34)36(41,42)43)21-6-10-23(38)24(14-21)52-29(28(39)40)47-18-48-52/h4-11,14-15,18,25,28H,12-13,16-17H2,1-3H3,(H2,46,49)(H,50,54)/t25-,35-/m1/s1. The van der Waals surface area contributed by atoms with Gasteiger partial charge in [0.15, 0.2) is 23.3 Å². The molecule has 2 aliphatic heterocycles. The molecule has 57 heavy (non-hydrogen) atoms. The number of amides is 2. The second-order valence-electron chi connectivity index (χ2n) is 15.1. The van der Waals surface area contributed by atoms with Gasteiger partial charge in [0.25, 0.3) is 12.3 Å². The van der Waals surface area contributed by atoms with Gasteiger partial charge in [-0.25, -0.2) is 23.2 Å². The van der Waals surface area contributed by atoms with E-state index in [0.717, 1.165) is 15.9 Å². The number of nitrogens with zero attached hydrogens (tertiary/aromatic N) is 4. The first-order chi connectivity index (χ1) is 26.6. The molecular weight excluding hydrogens is 791 g/mol. The van der Waals surface area contributed by atoms with Crippen LogP contribution in [0.2, 0.25) is 5.02 Å². The Labute approximate surface area is 324 Å². The highest BCUT2D eigenvalue weighted by molar-refractivity contribution is 6.32. The zero-order chi connectivity index (χ0) is 41.3. The first kappa shape index (κ1) is 39.6. The van der Waals surface area contributed by atoms with Gasteiger partial charge in [-0.1, -0.05) is 68.8 Å². The Morgan fingerprint density at radius 3 is 2.32 bits per heavy atom. The molecule has 3 aromatic carbocycles. The molecule has 0 bridgehead atoms. The molecule has 302 valence electrons. The van der Waals surface area contributed by atoms with Crippen molar-refractivity contribution in [1.82, 2.24) is 30.3 Å². The zero-order valence-corrected chi connectivity index (χ0v) is 30.9. The molecule has 1 aliphatic carbocycles. The number of alkyl halides is 7. The Bertz CT molecular complexity index is 2240. The fourth-order valence-electron chi connectivity index (χ4n) is 7.00. The topological polar surface area (TPSA) is 144 Å². The van der Waals surface area contributed by atoms with Crippen molar-refractivity contribution in [2.24, 2.45) is 5.41 Å². The summed E-state index contributed by atoms with van der Waals surface area (Å²) in [5, 5.41) is 17.8. The maximum atomic E-state index is 15.0. The van der Waals surface area contributed by atoms with Crippen LogP contribution in [-0.2, 0) is 15.1 Å². The maximum absolute atomic E-state index is 15.0. The molecule has 0 unspecified atom stereocenters. The monoisotopic (exact) mass is 823 g/mol. The van der Waals surface area contributed by atoms with E-state index in [9.17, 15) is 40.3 Å². The van der Waals surface area contributed by atoms with E-state index in [2.05, 4.69) is 24.9 Å². The van der Waals surface area contributed by atoms with Crippen molar-refractivity contribution in [2.45, 2.75) is 76.0 Å². The van der Waals surface area contributed by atoms with Gasteiger partial charge in [-0.3, -0.25) is 15.1 Å². The molecule has 3 N–H and O–H groups in total. The van der Waals surface area contributed by atoms with Gasteiger partial charge in [0.1, 0.15) is 24.0 Å².